The summed E-state index contributed by atoms with van der Waals surface area (Å²) in [5.41, 5.74) is 1.27. The second kappa shape index (κ2) is 9.97. The van der Waals surface area contributed by atoms with Crippen LogP contribution in [0.2, 0.25) is 0 Å². The summed E-state index contributed by atoms with van der Waals surface area (Å²) in [7, 11) is -3.17. The number of ether oxygens (including phenoxy) is 1. The number of amides is 1. The number of nitrogens with one attached hydrogen (secondary N) is 2. The fourth-order valence-electron chi connectivity index (χ4n) is 4.66. The number of carbonyl (C=O) groups excluding carboxylic acids is 1. The third kappa shape index (κ3) is 5.90. The van der Waals surface area contributed by atoms with Crippen molar-refractivity contribution in [2.75, 3.05) is 24.1 Å². The fourth-order valence-corrected chi connectivity index (χ4v) is 5.65. The number of carbonyl (C=O) groups is 1. The van der Waals surface area contributed by atoms with Crippen LogP contribution >= 0.6 is 0 Å². The minimum Gasteiger partial charge on any atom is -0.454 e. The van der Waals surface area contributed by atoms with E-state index >= 15 is 4.39 Å². The lowest BCUT2D eigenvalue weighted by molar-refractivity contribution is -0.130. The van der Waals surface area contributed by atoms with Gasteiger partial charge in [0.2, 0.25) is 15.9 Å². The fraction of sp³-hybridized carbons (Fsp3) is 0.400. The molecule has 7 nitrogen and oxygen atoms in total. The summed E-state index contributed by atoms with van der Waals surface area (Å²) in [6.07, 6.45) is -2.74. The normalized spacial score (nSPS) is 20.2. The highest BCUT2D eigenvalue weighted by Crippen LogP contribution is 2.43. The maximum Gasteiger partial charge on any atom is 0.404 e. The van der Waals surface area contributed by atoms with Gasteiger partial charge in [-0.25, -0.2) is 12.8 Å². The SMILES string of the molecule is CC(C)c1cccc(Oc2ccc(NS(=O)(=O)CC(F)(F)F)cc2C2=CN(C)C(=O)C3NCCC23)c1F. The molecule has 0 aromatic heterocycles. The highest BCUT2D eigenvalue weighted by molar-refractivity contribution is 7.92. The van der Waals surface area contributed by atoms with Gasteiger partial charge in [-0.05, 0) is 54.3 Å². The average Bonchev–Trinajstić information content (AvgIpc) is 3.27. The van der Waals surface area contributed by atoms with E-state index in [0.29, 0.717) is 29.7 Å². The predicted molar refractivity (Wildman–Crippen MR) is 131 cm³/mol. The molecule has 0 radical (unpaired) electrons. The van der Waals surface area contributed by atoms with Gasteiger partial charge in [0.25, 0.3) is 0 Å². The lowest BCUT2D eigenvalue weighted by Gasteiger charge is -2.32. The van der Waals surface area contributed by atoms with E-state index in [1.165, 1.54) is 29.2 Å². The Labute approximate surface area is 212 Å². The Hall–Kier alpha value is -3.12. The Morgan fingerprint density at radius 2 is 1.92 bits per heavy atom. The quantitative estimate of drug-likeness (QED) is 0.490. The third-order valence-electron chi connectivity index (χ3n) is 6.32. The summed E-state index contributed by atoms with van der Waals surface area (Å²) in [5.74, 6) is -3.04. The number of alkyl halides is 3. The van der Waals surface area contributed by atoms with E-state index in [4.69, 9.17) is 4.74 Å². The van der Waals surface area contributed by atoms with Crippen LogP contribution in [0, 0.1) is 11.7 Å². The molecule has 1 fully saturated rings. The summed E-state index contributed by atoms with van der Waals surface area (Å²) < 4.78 is 85.6. The first-order valence-corrected chi connectivity index (χ1v) is 13.3. The van der Waals surface area contributed by atoms with Gasteiger partial charge in [0.1, 0.15) is 5.75 Å². The van der Waals surface area contributed by atoms with E-state index in [0.717, 1.165) is 0 Å². The van der Waals surface area contributed by atoms with E-state index in [-0.39, 0.29) is 34.9 Å². The summed E-state index contributed by atoms with van der Waals surface area (Å²) in [4.78, 5) is 14.0. The van der Waals surface area contributed by atoms with Crippen LogP contribution in [0.4, 0.5) is 23.2 Å². The summed E-state index contributed by atoms with van der Waals surface area (Å²) in [5, 5.41) is 3.15. The van der Waals surface area contributed by atoms with Crippen LogP contribution in [0.1, 0.15) is 37.3 Å². The summed E-state index contributed by atoms with van der Waals surface area (Å²) in [6, 6.07) is 8.19. The number of hydrogen-bond acceptors (Lipinski definition) is 5. The molecule has 2 heterocycles. The lowest BCUT2D eigenvalue weighted by atomic mass is 9.84. The number of anilines is 1. The molecule has 1 saturated heterocycles. The molecular formula is C25H27F4N3O4S. The van der Waals surface area contributed by atoms with Crippen molar-refractivity contribution < 1.29 is 35.5 Å². The molecular weight excluding hydrogens is 514 g/mol. The number of fused-ring (bicyclic) bond motifs is 1. The van der Waals surface area contributed by atoms with Crippen molar-refractivity contribution in [2.24, 2.45) is 5.92 Å². The van der Waals surface area contributed by atoms with Crippen molar-refractivity contribution in [3.63, 3.8) is 0 Å². The summed E-state index contributed by atoms with van der Waals surface area (Å²) in [6.45, 7) is 4.23. The molecule has 0 aliphatic carbocycles. The largest absolute Gasteiger partial charge is 0.454 e. The maximum atomic E-state index is 15.2. The Bertz CT molecular complexity index is 1340. The van der Waals surface area contributed by atoms with Crippen molar-refractivity contribution in [3.05, 3.63) is 59.5 Å². The number of rotatable bonds is 7. The smallest absolute Gasteiger partial charge is 0.404 e. The van der Waals surface area contributed by atoms with Crippen molar-refractivity contribution in [1.29, 1.82) is 0 Å². The zero-order valence-corrected chi connectivity index (χ0v) is 21.2. The Morgan fingerprint density at radius 3 is 2.59 bits per heavy atom. The predicted octanol–water partition coefficient (Wildman–Crippen LogP) is 4.84. The number of likely N-dealkylation sites (N-methyl/N-ethyl adjacent to an activating group) is 1. The van der Waals surface area contributed by atoms with Gasteiger partial charge >= 0.3 is 6.18 Å². The molecule has 2 aromatic carbocycles. The molecule has 2 N–H and O–H groups in total. The molecule has 0 saturated carbocycles. The van der Waals surface area contributed by atoms with E-state index in [2.05, 4.69) is 5.32 Å². The topological polar surface area (TPSA) is 87.7 Å². The second-order valence-corrected chi connectivity index (χ2v) is 11.2. The van der Waals surface area contributed by atoms with Gasteiger partial charge < -0.3 is 15.0 Å². The van der Waals surface area contributed by atoms with Crippen LogP contribution in [0.5, 0.6) is 11.5 Å². The maximum absolute atomic E-state index is 15.2. The number of sulfonamides is 1. The van der Waals surface area contributed by atoms with Crippen molar-refractivity contribution >= 4 is 27.2 Å². The number of benzene rings is 2. The second-order valence-electron chi connectivity index (χ2n) is 9.46. The van der Waals surface area contributed by atoms with Crippen LogP contribution in [0.15, 0.2) is 42.6 Å². The van der Waals surface area contributed by atoms with Gasteiger partial charge in [-0.2, -0.15) is 13.2 Å². The minimum atomic E-state index is -4.92. The molecule has 0 bridgehead atoms. The van der Waals surface area contributed by atoms with Crippen molar-refractivity contribution in [3.8, 4) is 11.5 Å². The lowest BCUT2D eigenvalue weighted by Crippen LogP contribution is -2.46. The first-order valence-electron chi connectivity index (χ1n) is 11.7. The van der Waals surface area contributed by atoms with E-state index in [1.54, 1.807) is 25.4 Å². The standard InChI is InChI=1S/C25H27F4N3O4S/c1-14(2)16-5-4-6-21(22(16)26)36-20-8-7-15(31-37(34,35)13-25(27,28)29)11-18(20)19-12-32(3)24(33)23-17(19)9-10-30-23/h4-8,11-12,14,17,23,30-31H,9-10,13H2,1-3H3. The molecule has 2 unspecified atom stereocenters. The molecule has 37 heavy (non-hydrogen) atoms. The Morgan fingerprint density at radius 1 is 1.19 bits per heavy atom. The number of hydrogen-bond donors (Lipinski definition) is 2. The van der Waals surface area contributed by atoms with Gasteiger partial charge in [0.15, 0.2) is 17.3 Å². The van der Waals surface area contributed by atoms with Gasteiger partial charge in [0, 0.05) is 30.4 Å². The Kier molecular flexibility index (Phi) is 7.26. The molecule has 2 atom stereocenters. The van der Waals surface area contributed by atoms with Gasteiger partial charge in [-0.3, -0.25) is 9.52 Å². The van der Waals surface area contributed by atoms with E-state index < -0.39 is 33.8 Å². The molecule has 4 rings (SSSR count). The zero-order chi connectivity index (χ0) is 27.1. The van der Waals surface area contributed by atoms with Crippen molar-refractivity contribution in [2.45, 2.75) is 38.4 Å². The molecule has 200 valence electrons. The highest BCUT2D eigenvalue weighted by Gasteiger charge is 2.41. The molecule has 2 aromatic rings. The molecule has 1 amide bonds. The van der Waals surface area contributed by atoms with Gasteiger partial charge in [-0.1, -0.05) is 26.0 Å². The van der Waals surface area contributed by atoms with Crippen molar-refractivity contribution in [1.82, 2.24) is 10.2 Å². The number of nitrogens with zero attached hydrogens (tertiary/aromatic N) is 1. The summed E-state index contributed by atoms with van der Waals surface area (Å²) >= 11 is 0. The third-order valence-corrected chi connectivity index (χ3v) is 7.57. The van der Waals surface area contributed by atoms with Crippen LogP contribution < -0.4 is 14.8 Å². The van der Waals surface area contributed by atoms with Crippen LogP contribution in [0.25, 0.3) is 5.57 Å². The zero-order valence-electron chi connectivity index (χ0n) is 20.4. The molecule has 2 aliphatic rings. The highest BCUT2D eigenvalue weighted by atomic mass is 32.2. The first-order chi connectivity index (χ1) is 17.3. The molecule has 12 heteroatoms. The minimum absolute atomic E-state index is 0.0558. The van der Waals surface area contributed by atoms with Gasteiger partial charge in [0.05, 0.1) is 6.04 Å². The monoisotopic (exact) mass is 541 g/mol. The van der Waals surface area contributed by atoms with E-state index in [9.17, 15) is 26.4 Å². The first kappa shape index (κ1) is 26.9. The van der Waals surface area contributed by atoms with Gasteiger partial charge in [-0.15, -0.1) is 0 Å². The molecule has 0 spiro atoms. The van der Waals surface area contributed by atoms with Crippen LogP contribution in [-0.2, 0) is 14.8 Å². The average molecular weight is 542 g/mol. The van der Waals surface area contributed by atoms with E-state index in [1.807, 2.05) is 18.6 Å². The van der Waals surface area contributed by atoms with Crippen LogP contribution in [0.3, 0.4) is 0 Å². The van der Waals surface area contributed by atoms with Crippen LogP contribution in [-0.4, -0.2) is 50.8 Å². The molecule has 2 aliphatic heterocycles. The Balaban J connectivity index is 1.80. The number of halogens is 4.